The molecule has 0 atom stereocenters. The van der Waals surface area contributed by atoms with Gasteiger partial charge in [0.25, 0.3) is 10.0 Å². The van der Waals surface area contributed by atoms with Gasteiger partial charge >= 0.3 is 0 Å². The first-order valence-electron chi connectivity index (χ1n) is 5.68. The van der Waals surface area contributed by atoms with Crippen molar-refractivity contribution in [3.8, 4) is 0 Å². The fourth-order valence-corrected chi connectivity index (χ4v) is 3.35. The van der Waals surface area contributed by atoms with Crippen LogP contribution in [-0.4, -0.2) is 48.4 Å². The molecule has 0 spiro atoms. The lowest BCUT2D eigenvalue weighted by atomic mass is 9.93. The molecule has 102 valence electrons. The SMILES string of the molecule is Cn1cnc(S(=O)(=O)NC2(CO)CCOCC2)c1. The van der Waals surface area contributed by atoms with Crippen LogP contribution in [0.5, 0.6) is 0 Å². The number of rotatable bonds is 4. The molecule has 1 aromatic heterocycles. The Morgan fingerprint density at radius 1 is 1.56 bits per heavy atom. The lowest BCUT2D eigenvalue weighted by Crippen LogP contribution is -2.54. The number of nitrogens with zero attached hydrogens (tertiary/aromatic N) is 2. The summed E-state index contributed by atoms with van der Waals surface area (Å²) in [6.07, 6.45) is 3.75. The molecule has 0 aliphatic carbocycles. The van der Waals surface area contributed by atoms with Crippen molar-refractivity contribution >= 4 is 10.0 Å². The van der Waals surface area contributed by atoms with Gasteiger partial charge in [-0.1, -0.05) is 0 Å². The predicted octanol–water partition coefficient (Wildman–Crippen LogP) is -0.760. The summed E-state index contributed by atoms with van der Waals surface area (Å²) in [5.74, 6) is 0. The van der Waals surface area contributed by atoms with Crippen LogP contribution < -0.4 is 4.72 Å². The Kier molecular flexibility index (Phi) is 3.71. The predicted molar refractivity (Wildman–Crippen MR) is 63.4 cm³/mol. The number of aryl methyl sites for hydroxylation is 1. The van der Waals surface area contributed by atoms with Crippen LogP contribution in [-0.2, 0) is 21.8 Å². The lowest BCUT2D eigenvalue weighted by molar-refractivity contribution is 0.0222. The van der Waals surface area contributed by atoms with Crippen molar-refractivity contribution in [3.05, 3.63) is 12.5 Å². The van der Waals surface area contributed by atoms with Gasteiger partial charge in [0.2, 0.25) is 0 Å². The van der Waals surface area contributed by atoms with Gasteiger partial charge in [-0.2, -0.15) is 0 Å². The smallest absolute Gasteiger partial charge is 0.260 e. The Balaban J connectivity index is 2.21. The van der Waals surface area contributed by atoms with E-state index in [4.69, 9.17) is 4.74 Å². The van der Waals surface area contributed by atoms with E-state index in [1.807, 2.05) is 0 Å². The average molecular weight is 275 g/mol. The average Bonchev–Trinajstić information content (AvgIpc) is 2.77. The van der Waals surface area contributed by atoms with Crippen LogP contribution in [0, 0.1) is 0 Å². The van der Waals surface area contributed by atoms with Crippen molar-refractivity contribution < 1.29 is 18.3 Å². The molecule has 2 heterocycles. The third kappa shape index (κ3) is 2.72. The van der Waals surface area contributed by atoms with Crippen molar-refractivity contribution in [2.24, 2.45) is 7.05 Å². The summed E-state index contributed by atoms with van der Waals surface area (Å²) in [7, 11) is -2.01. The Morgan fingerprint density at radius 3 is 2.72 bits per heavy atom. The maximum Gasteiger partial charge on any atom is 0.260 e. The van der Waals surface area contributed by atoms with Gasteiger partial charge in [-0.15, -0.1) is 0 Å². The highest BCUT2D eigenvalue weighted by molar-refractivity contribution is 7.89. The highest BCUT2D eigenvalue weighted by Crippen LogP contribution is 2.22. The molecule has 18 heavy (non-hydrogen) atoms. The number of hydrogen-bond donors (Lipinski definition) is 2. The first-order chi connectivity index (χ1) is 8.47. The number of aromatic nitrogens is 2. The van der Waals surface area contributed by atoms with Crippen molar-refractivity contribution in [3.63, 3.8) is 0 Å². The molecule has 0 saturated carbocycles. The highest BCUT2D eigenvalue weighted by atomic mass is 32.2. The van der Waals surface area contributed by atoms with Gasteiger partial charge in [-0.05, 0) is 12.8 Å². The summed E-state index contributed by atoms with van der Waals surface area (Å²) >= 11 is 0. The van der Waals surface area contributed by atoms with E-state index in [0.717, 1.165) is 0 Å². The summed E-state index contributed by atoms with van der Waals surface area (Å²) in [4.78, 5) is 3.82. The molecule has 1 aliphatic heterocycles. The number of imidazole rings is 1. The van der Waals surface area contributed by atoms with Crippen molar-refractivity contribution in [2.75, 3.05) is 19.8 Å². The van der Waals surface area contributed by atoms with Gasteiger partial charge < -0.3 is 14.4 Å². The maximum absolute atomic E-state index is 12.1. The molecule has 1 aromatic rings. The van der Waals surface area contributed by atoms with Crippen molar-refractivity contribution in [1.29, 1.82) is 0 Å². The number of ether oxygens (including phenoxy) is 1. The Labute approximate surface area is 106 Å². The van der Waals surface area contributed by atoms with E-state index < -0.39 is 15.6 Å². The second kappa shape index (κ2) is 4.96. The van der Waals surface area contributed by atoms with Crippen LogP contribution in [0.2, 0.25) is 0 Å². The van der Waals surface area contributed by atoms with Crippen LogP contribution in [0.4, 0.5) is 0 Å². The molecule has 0 bridgehead atoms. The van der Waals surface area contributed by atoms with Gasteiger partial charge in [0.15, 0.2) is 5.03 Å². The second-order valence-electron chi connectivity index (χ2n) is 4.53. The first-order valence-corrected chi connectivity index (χ1v) is 7.16. The van der Waals surface area contributed by atoms with Crippen LogP contribution >= 0.6 is 0 Å². The zero-order valence-corrected chi connectivity index (χ0v) is 11.0. The van der Waals surface area contributed by atoms with Crippen LogP contribution in [0.15, 0.2) is 17.6 Å². The molecule has 1 saturated heterocycles. The standard InChI is InChI=1S/C10H17N3O4S/c1-13-6-9(11-8-13)18(15,16)12-10(7-14)2-4-17-5-3-10/h6,8,12,14H,2-5,7H2,1H3. The fourth-order valence-electron chi connectivity index (χ4n) is 1.92. The largest absolute Gasteiger partial charge is 0.394 e. The van der Waals surface area contributed by atoms with Gasteiger partial charge in [-0.3, -0.25) is 0 Å². The van der Waals surface area contributed by atoms with E-state index in [0.29, 0.717) is 26.1 Å². The maximum atomic E-state index is 12.1. The van der Waals surface area contributed by atoms with E-state index in [2.05, 4.69) is 9.71 Å². The Morgan fingerprint density at radius 2 is 2.22 bits per heavy atom. The van der Waals surface area contributed by atoms with E-state index in [9.17, 15) is 13.5 Å². The molecule has 0 radical (unpaired) electrons. The molecule has 0 amide bonds. The first kappa shape index (κ1) is 13.5. The molecule has 0 aromatic carbocycles. The molecule has 8 heteroatoms. The summed E-state index contributed by atoms with van der Waals surface area (Å²) in [5.41, 5.74) is -0.839. The lowest BCUT2D eigenvalue weighted by Gasteiger charge is -2.35. The summed E-state index contributed by atoms with van der Waals surface area (Å²) < 4.78 is 33.6. The number of aliphatic hydroxyl groups is 1. The van der Waals surface area contributed by atoms with E-state index in [-0.39, 0.29) is 11.6 Å². The molecule has 0 unspecified atom stereocenters. The number of hydrogen-bond acceptors (Lipinski definition) is 5. The number of nitrogens with one attached hydrogen (secondary N) is 1. The van der Waals surface area contributed by atoms with E-state index in [1.165, 1.54) is 12.5 Å². The minimum atomic E-state index is -3.71. The van der Waals surface area contributed by atoms with Gasteiger partial charge in [0.1, 0.15) is 0 Å². The monoisotopic (exact) mass is 275 g/mol. The minimum Gasteiger partial charge on any atom is -0.394 e. The quantitative estimate of drug-likeness (QED) is 0.753. The Hall–Kier alpha value is -0.960. The minimum absolute atomic E-state index is 0.0377. The second-order valence-corrected chi connectivity index (χ2v) is 6.16. The molecule has 2 rings (SSSR count). The third-order valence-electron chi connectivity index (χ3n) is 3.06. The van der Waals surface area contributed by atoms with Crippen LogP contribution in [0.3, 0.4) is 0 Å². The van der Waals surface area contributed by atoms with Gasteiger partial charge in [0, 0.05) is 26.5 Å². The van der Waals surface area contributed by atoms with Crippen molar-refractivity contribution in [1.82, 2.24) is 14.3 Å². The topological polar surface area (TPSA) is 93.5 Å². The van der Waals surface area contributed by atoms with E-state index >= 15 is 0 Å². The third-order valence-corrected chi connectivity index (χ3v) is 4.52. The number of sulfonamides is 1. The van der Waals surface area contributed by atoms with E-state index in [1.54, 1.807) is 11.6 Å². The molecular formula is C10H17N3O4S. The molecule has 2 N–H and O–H groups in total. The highest BCUT2D eigenvalue weighted by Gasteiger charge is 2.37. The molecular weight excluding hydrogens is 258 g/mol. The zero-order chi connectivity index (χ0) is 13.2. The molecule has 1 fully saturated rings. The van der Waals surface area contributed by atoms with Crippen molar-refractivity contribution in [2.45, 2.75) is 23.4 Å². The van der Waals surface area contributed by atoms with Gasteiger partial charge in [0.05, 0.1) is 18.5 Å². The zero-order valence-electron chi connectivity index (χ0n) is 10.2. The summed E-state index contributed by atoms with van der Waals surface area (Å²) in [6.45, 7) is 0.624. The Bertz CT molecular complexity index is 505. The molecule has 7 nitrogen and oxygen atoms in total. The molecule has 1 aliphatic rings. The number of aliphatic hydroxyl groups excluding tert-OH is 1. The van der Waals surface area contributed by atoms with Gasteiger partial charge in [-0.25, -0.2) is 18.1 Å². The summed E-state index contributed by atoms with van der Waals surface area (Å²) in [5, 5.41) is 9.41. The fraction of sp³-hybridized carbons (Fsp3) is 0.700. The summed E-state index contributed by atoms with van der Waals surface area (Å²) in [6, 6.07) is 0. The normalized spacial score (nSPS) is 19.9. The van der Waals surface area contributed by atoms with Crippen LogP contribution in [0.25, 0.3) is 0 Å². The van der Waals surface area contributed by atoms with Crippen LogP contribution in [0.1, 0.15) is 12.8 Å².